The van der Waals surface area contributed by atoms with Crippen molar-refractivity contribution in [2.45, 2.75) is 4.90 Å². The van der Waals surface area contributed by atoms with Crippen molar-refractivity contribution in [3.8, 4) is 17.2 Å². The van der Waals surface area contributed by atoms with Crippen LogP contribution in [-0.2, 0) is 10.0 Å². The van der Waals surface area contributed by atoms with E-state index >= 15 is 0 Å². The number of sulfonamides is 1. The number of methoxy groups -OCH3 is 1. The van der Waals surface area contributed by atoms with E-state index in [0.29, 0.717) is 17.2 Å². The maximum absolute atomic E-state index is 13.2. The summed E-state index contributed by atoms with van der Waals surface area (Å²) in [5.41, 5.74) is 0.616. The quantitative estimate of drug-likeness (QED) is 0.595. The highest BCUT2D eigenvalue weighted by atomic mass is 32.2. The molecule has 0 fully saturated rings. The molecule has 0 aliphatic carbocycles. The van der Waals surface area contributed by atoms with Crippen molar-refractivity contribution < 1.29 is 27.1 Å². The van der Waals surface area contributed by atoms with Gasteiger partial charge in [0.15, 0.2) is 0 Å². The Balaban J connectivity index is 1.75. The summed E-state index contributed by atoms with van der Waals surface area (Å²) in [6, 6.07) is 16.3. The first-order chi connectivity index (χ1) is 14.3. The number of ether oxygens (including phenoxy) is 2. The average Bonchev–Trinajstić information content (AvgIpc) is 2.74. The molecule has 7 nitrogen and oxygen atoms in total. The fraction of sp³-hybridized carbons (Fsp3) is 0.0952. The van der Waals surface area contributed by atoms with Crippen LogP contribution in [0.4, 0.5) is 10.1 Å². The second-order valence-corrected chi connectivity index (χ2v) is 7.97. The van der Waals surface area contributed by atoms with Crippen molar-refractivity contribution in [3.63, 3.8) is 0 Å². The summed E-state index contributed by atoms with van der Waals surface area (Å²) in [7, 11) is -1.19. The molecule has 0 radical (unpaired) electrons. The van der Waals surface area contributed by atoms with Crippen LogP contribution in [0.25, 0.3) is 0 Å². The molecule has 2 N–H and O–H groups in total. The third kappa shape index (κ3) is 4.94. The lowest BCUT2D eigenvalue weighted by molar-refractivity contribution is 0.102. The summed E-state index contributed by atoms with van der Waals surface area (Å²) in [5, 5.41) is 2.68. The molecule has 0 spiro atoms. The van der Waals surface area contributed by atoms with Crippen molar-refractivity contribution in [2.24, 2.45) is 0 Å². The normalized spacial score (nSPS) is 11.0. The Labute approximate surface area is 173 Å². The maximum atomic E-state index is 13.2. The van der Waals surface area contributed by atoms with Gasteiger partial charge in [-0.2, -0.15) is 0 Å². The lowest BCUT2D eigenvalue weighted by Crippen LogP contribution is -2.20. The molecule has 0 saturated heterocycles. The van der Waals surface area contributed by atoms with Gasteiger partial charge in [-0.3, -0.25) is 4.79 Å². The molecule has 156 valence electrons. The third-order valence-electron chi connectivity index (χ3n) is 4.13. The van der Waals surface area contributed by atoms with Gasteiger partial charge in [0.05, 0.1) is 7.11 Å². The molecule has 0 aliphatic rings. The molecule has 30 heavy (non-hydrogen) atoms. The van der Waals surface area contributed by atoms with E-state index in [1.165, 1.54) is 50.6 Å². The Morgan fingerprint density at radius 2 is 1.70 bits per heavy atom. The topological polar surface area (TPSA) is 93.7 Å². The molecule has 0 bridgehead atoms. The van der Waals surface area contributed by atoms with Crippen LogP contribution in [0.2, 0.25) is 0 Å². The fourth-order valence-electron chi connectivity index (χ4n) is 2.61. The van der Waals surface area contributed by atoms with Gasteiger partial charge in [-0.1, -0.05) is 6.07 Å². The van der Waals surface area contributed by atoms with Gasteiger partial charge in [0.2, 0.25) is 10.0 Å². The molecule has 3 rings (SSSR count). The Morgan fingerprint density at radius 3 is 2.33 bits per heavy atom. The van der Waals surface area contributed by atoms with E-state index < -0.39 is 21.7 Å². The van der Waals surface area contributed by atoms with E-state index in [4.69, 9.17) is 9.47 Å². The summed E-state index contributed by atoms with van der Waals surface area (Å²) >= 11 is 0. The van der Waals surface area contributed by atoms with E-state index in [-0.39, 0.29) is 16.2 Å². The summed E-state index contributed by atoms with van der Waals surface area (Å²) < 4.78 is 50.4. The highest BCUT2D eigenvalue weighted by Gasteiger charge is 2.20. The molecular formula is C21H19FN2O5S. The van der Waals surface area contributed by atoms with Crippen LogP contribution in [0.1, 0.15) is 10.4 Å². The number of hydrogen-bond donors (Lipinski definition) is 2. The highest BCUT2D eigenvalue weighted by Crippen LogP contribution is 2.26. The SMILES string of the molecule is CNS(=O)(=O)c1cc(C(=O)Nc2ccc(Oc3cccc(F)c3)cc2)ccc1OC. The molecule has 3 aromatic carbocycles. The minimum atomic E-state index is -3.81. The van der Waals surface area contributed by atoms with Crippen LogP contribution in [0, 0.1) is 5.82 Å². The van der Waals surface area contributed by atoms with Crippen molar-refractivity contribution in [2.75, 3.05) is 19.5 Å². The minimum absolute atomic E-state index is 0.125. The van der Waals surface area contributed by atoms with Crippen LogP contribution in [0.5, 0.6) is 17.2 Å². The maximum Gasteiger partial charge on any atom is 0.255 e. The van der Waals surface area contributed by atoms with Gasteiger partial charge in [0, 0.05) is 17.3 Å². The predicted molar refractivity (Wildman–Crippen MR) is 110 cm³/mol. The Morgan fingerprint density at radius 1 is 0.967 bits per heavy atom. The van der Waals surface area contributed by atoms with Gasteiger partial charge in [-0.05, 0) is 61.6 Å². The number of amides is 1. The molecule has 0 aromatic heterocycles. The second-order valence-electron chi connectivity index (χ2n) is 6.11. The zero-order valence-corrected chi connectivity index (χ0v) is 17.0. The lowest BCUT2D eigenvalue weighted by Gasteiger charge is -2.11. The van der Waals surface area contributed by atoms with Gasteiger partial charge in [-0.25, -0.2) is 17.5 Å². The third-order valence-corrected chi connectivity index (χ3v) is 5.56. The predicted octanol–water partition coefficient (Wildman–Crippen LogP) is 3.79. The average molecular weight is 430 g/mol. The zero-order valence-electron chi connectivity index (χ0n) is 16.2. The first-order valence-electron chi connectivity index (χ1n) is 8.79. The number of nitrogens with one attached hydrogen (secondary N) is 2. The van der Waals surface area contributed by atoms with Crippen LogP contribution >= 0.6 is 0 Å². The summed E-state index contributed by atoms with van der Waals surface area (Å²) in [6.07, 6.45) is 0. The molecule has 3 aromatic rings. The monoisotopic (exact) mass is 430 g/mol. The van der Waals surface area contributed by atoms with Crippen LogP contribution < -0.4 is 19.5 Å². The number of anilines is 1. The first kappa shape index (κ1) is 21.3. The molecule has 1 amide bonds. The van der Waals surface area contributed by atoms with Crippen LogP contribution in [0.3, 0.4) is 0 Å². The van der Waals surface area contributed by atoms with E-state index in [9.17, 15) is 17.6 Å². The molecular weight excluding hydrogens is 411 g/mol. The zero-order chi connectivity index (χ0) is 21.7. The van der Waals surface area contributed by atoms with Crippen LogP contribution in [0.15, 0.2) is 71.6 Å². The van der Waals surface area contributed by atoms with Crippen molar-refractivity contribution in [1.29, 1.82) is 0 Å². The van der Waals surface area contributed by atoms with Crippen molar-refractivity contribution >= 4 is 21.6 Å². The summed E-state index contributed by atoms with van der Waals surface area (Å²) in [4.78, 5) is 12.4. The molecule has 0 saturated carbocycles. The Hall–Kier alpha value is -3.43. The Bertz CT molecular complexity index is 1160. The number of halogens is 1. The number of rotatable bonds is 7. The molecule has 0 unspecified atom stereocenters. The first-order valence-corrected chi connectivity index (χ1v) is 10.3. The minimum Gasteiger partial charge on any atom is -0.495 e. The number of benzene rings is 3. The van der Waals surface area contributed by atoms with E-state index in [2.05, 4.69) is 10.0 Å². The van der Waals surface area contributed by atoms with Gasteiger partial charge in [-0.15, -0.1) is 0 Å². The van der Waals surface area contributed by atoms with Gasteiger partial charge < -0.3 is 14.8 Å². The molecule has 0 aliphatic heterocycles. The largest absolute Gasteiger partial charge is 0.495 e. The van der Waals surface area contributed by atoms with Crippen molar-refractivity contribution in [1.82, 2.24) is 4.72 Å². The van der Waals surface area contributed by atoms with E-state index in [1.807, 2.05) is 0 Å². The van der Waals surface area contributed by atoms with Crippen molar-refractivity contribution in [3.05, 3.63) is 78.1 Å². The fourth-order valence-corrected chi connectivity index (χ4v) is 3.53. The smallest absolute Gasteiger partial charge is 0.255 e. The standard InChI is InChI=1S/C21H19FN2O5S/c1-23-30(26,27)20-12-14(6-11-19(20)28-2)21(25)24-16-7-9-17(10-8-16)29-18-5-3-4-15(22)13-18/h3-13,23H,1-2H3,(H,24,25). The van der Waals surface area contributed by atoms with Crippen LogP contribution in [-0.4, -0.2) is 28.5 Å². The van der Waals surface area contributed by atoms with Gasteiger partial charge >= 0.3 is 0 Å². The summed E-state index contributed by atoms with van der Waals surface area (Å²) in [5.74, 6) is 0.0352. The van der Waals surface area contributed by atoms with Gasteiger partial charge in [0.25, 0.3) is 5.91 Å². The number of carbonyl (C=O) groups excluding carboxylic acids is 1. The molecule has 0 heterocycles. The Kier molecular flexibility index (Phi) is 6.34. The highest BCUT2D eigenvalue weighted by molar-refractivity contribution is 7.89. The lowest BCUT2D eigenvalue weighted by atomic mass is 10.2. The molecule has 9 heteroatoms. The molecule has 0 atom stereocenters. The second kappa shape index (κ2) is 8.93. The van der Waals surface area contributed by atoms with E-state index in [1.54, 1.807) is 30.3 Å². The number of carbonyl (C=O) groups is 1. The number of hydrogen-bond acceptors (Lipinski definition) is 5. The van der Waals surface area contributed by atoms with Gasteiger partial charge in [0.1, 0.15) is 28.0 Å². The van der Waals surface area contributed by atoms with E-state index in [0.717, 1.165) is 0 Å². The summed E-state index contributed by atoms with van der Waals surface area (Å²) in [6.45, 7) is 0.